The van der Waals surface area contributed by atoms with Crippen LogP contribution in [0, 0.1) is 11.6 Å². The zero-order valence-corrected chi connectivity index (χ0v) is 19.1. The average molecular weight is 466 g/mol. The molecule has 6 nitrogen and oxygen atoms in total. The summed E-state index contributed by atoms with van der Waals surface area (Å²) in [4.78, 5) is 2.16. The lowest BCUT2D eigenvalue weighted by Crippen LogP contribution is -2.57. The number of hydrogen-bond acceptors (Lipinski definition) is 4. The number of benzene rings is 2. The van der Waals surface area contributed by atoms with Gasteiger partial charge in [0.1, 0.15) is 11.6 Å². The summed E-state index contributed by atoms with van der Waals surface area (Å²) in [5.41, 5.74) is 1.76. The second-order valence-corrected chi connectivity index (χ2v) is 10.5. The van der Waals surface area contributed by atoms with E-state index in [1.165, 1.54) is 32.9 Å². The van der Waals surface area contributed by atoms with Crippen LogP contribution in [0.15, 0.2) is 48.5 Å². The van der Waals surface area contributed by atoms with Crippen molar-refractivity contribution >= 4 is 10.2 Å². The molecule has 0 N–H and O–H groups in total. The van der Waals surface area contributed by atoms with Gasteiger partial charge >= 0.3 is 0 Å². The Morgan fingerprint density at radius 3 is 1.66 bits per heavy atom. The van der Waals surface area contributed by atoms with Gasteiger partial charge in [0.15, 0.2) is 0 Å². The zero-order chi connectivity index (χ0) is 22.9. The molecule has 0 saturated carbocycles. The van der Waals surface area contributed by atoms with Crippen LogP contribution in [-0.4, -0.2) is 73.4 Å². The van der Waals surface area contributed by atoms with E-state index in [0.29, 0.717) is 39.3 Å². The van der Waals surface area contributed by atoms with E-state index >= 15 is 0 Å². The van der Waals surface area contributed by atoms with Gasteiger partial charge in [-0.15, -0.1) is 0 Å². The molecule has 2 aromatic rings. The number of piperazine rings is 1. The molecule has 0 bridgehead atoms. The van der Waals surface area contributed by atoms with E-state index in [-0.39, 0.29) is 29.9 Å². The van der Waals surface area contributed by atoms with Crippen LogP contribution in [-0.2, 0) is 14.9 Å². The van der Waals surface area contributed by atoms with Gasteiger partial charge in [0.25, 0.3) is 10.2 Å². The van der Waals surface area contributed by atoms with Crippen molar-refractivity contribution in [3.63, 3.8) is 0 Å². The number of ether oxygens (including phenoxy) is 1. The highest BCUT2D eigenvalue weighted by Crippen LogP contribution is 2.31. The van der Waals surface area contributed by atoms with E-state index in [1.807, 2.05) is 13.8 Å². The highest BCUT2D eigenvalue weighted by atomic mass is 32.2. The molecule has 2 heterocycles. The predicted molar refractivity (Wildman–Crippen MR) is 118 cm³/mol. The minimum atomic E-state index is -3.58. The van der Waals surface area contributed by atoms with Crippen LogP contribution in [0.1, 0.15) is 31.0 Å². The van der Waals surface area contributed by atoms with E-state index < -0.39 is 10.2 Å². The van der Waals surface area contributed by atoms with Gasteiger partial charge < -0.3 is 4.74 Å². The molecule has 174 valence electrons. The van der Waals surface area contributed by atoms with Gasteiger partial charge in [-0.2, -0.15) is 17.0 Å². The highest BCUT2D eigenvalue weighted by molar-refractivity contribution is 7.86. The third kappa shape index (κ3) is 5.02. The smallest absolute Gasteiger partial charge is 0.282 e. The molecule has 2 unspecified atom stereocenters. The van der Waals surface area contributed by atoms with Crippen molar-refractivity contribution in [3.8, 4) is 0 Å². The molecule has 9 heteroatoms. The van der Waals surface area contributed by atoms with E-state index in [9.17, 15) is 17.2 Å². The fourth-order valence-electron chi connectivity index (χ4n) is 4.58. The Labute approximate surface area is 188 Å². The standard InChI is InChI=1S/C23H29F2N3O3S/c1-17-15-28(16-18(2)31-17)32(29,30)27-13-11-26(12-14-27)23(19-3-7-21(24)8-4-19)20-5-9-22(25)10-6-20/h3-10,17-18,23H,11-16H2,1-2H3. The lowest BCUT2D eigenvalue weighted by molar-refractivity contribution is -0.0458. The molecule has 2 aliphatic rings. The Kier molecular flexibility index (Phi) is 6.92. The molecule has 0 radical (unpaired) electrons. The van der Waals surface area contributed by atoms with Gasteiger partial charge in [0.2, 0.25) is 0 Å². The summed E-state index contributed by atoms with van der Waals surface area (Å²) in [6, 6.07) is 12.3. The first-order valence-electron chi connectivity index (χ1n) is 10.9. The molecule has 32 heavy (non-hydrogen) atoms. The van der Waals surface area contributed by atoms with Crippen LogP contribution in [0.3, 0.4) is 0 Å². The number of rotatable bonds is 5. The van der Waals surface area contributed by atoms with Crippen LogP contribution in [0.5, 0.6) is 0 Å². The topological polar surface area (TPSA) is 53.1 Å². The van der Waals surface area contributed by atoms with E-state index in [1.54, 1.807) is 24.3 Å². The molecule has 2 atom stereocenters. The highest BCUT2D eigenvalue weighted by Gasteiger charge is 2.38. The monoisotopic (exact) mass is 465 g/mol. The molecule has 2 aliphatic heterocycles. The van der Waals surface area contributed by atoms with Crippen molar-refractivity contribution in [2.75, 3.05) is 39.3 Å². The van der Waals surface area contributed by atoms with Gasteiger partial charge in [0, 0.05) is 39.3 Å². The Morgan fingerprint density at radius 2 is 1.22 bits per heavy atom. The fourth-order valence-corrected chi connectivity index (χ4v) is 6.33. The predicted octanol–water partition coefficient (Wildman–Crippen LogP) is 3.03. The van der Waals surface area contributed by atoms with Crippen LogP contribution in [0.2, 0.25) is 0 Å². The largest absolute Gasteiger partial charge is 0.373 e. The zero-order valence-electron chi connectivity index (χ0n) is 18.3. The maximum Gasteiger partial charge on any atom is 0.282 e. The van der Waals surface area contributed by atoms with Crippen molar-refractivity contribution in [2.45, 2.75) is 32.1 Å². The summed E-state index contributed by atoms with van der Waals surface area (Å²) in [6.45, 7) is 6.17. The molecular formula is C23H29F2N3O3S. The van der Waals surface area contributed by atoms with Gasteiger partial charge in [-0.1, -0.05) is 24.3 Å². The van der Waals surface area contributed by atoms with E-state index in [2.05, 4.69) is 4.90 Å². The van der Waals surface area contributed by atoms with Crippen molar-refractivity contribution in [3.05, 3.63) is 71.3 Å². The summed E-state index contributed by atoms with van der Waals surface area (Å²) < 4.78 is 62.2. The van der Waals surface area contributed by atoms with Crippen LogP contribution >= 0.6 is 0 Å². The van der Waals surface area contributed by atoms with E-state index in [4.69, 9.17) is 4.74 Å². The summed E-state index contributed by atoms with van der Waals surface area (Å²) >= 11 is 0. The average Bonchev–Trinajstić information content (AvgIpc) is 2.76. The lowest BCUT2D eigenvalue weighted by Gasteiger charge is -2.42. The molecule has 0 aliphatic carbocycles. The summed E-state index contributed by atoms with van der Waals surface area (Å²) in [5, 5.41) is 0. The SMILES string of the molecule is CC1CN(S(=O)(=O)N2CCN(C(c3ccc(F)cc3)c3ccc(F)cc3)CC2)CC(C)O1. The summed E-state index contributed by atoms with van der Waals surface area (Å²) in [5.74, 6) is -0.645. The molecule has 2 saturated heterocycles. The van der Waals surface area contributed by atoms with Crippen LogP contribution in [0.25, 0.3) is 0 Å². The molecule has 0 amide bonds. The molecule has 0 aromatic heterocycles. The van der Waals surface area contributed by atoms with Crippen molar-refractivity contribution in [1.82, 2.24) is 13.5 Å². The maximum absolute atomic E-state index is 13.5. The number of halogens is 2. The first-order chi connectivity index (χ1) is 15.2. The Hall–Kier alpha value is -1.91. The van der Waals surface area contributed by atoms with Gasteiger partial charge in [0.05, 0.1) is 18.2 Å². The van der Waals surface area contributed by atoms with Gasteiger partial charge in [-0.3, -0.25) is 4.90 Å². The number of hydrogen-bond donors (Lipinski definition) is 0. The minimum absolute atomic E-state index is 0.142. The fraction of sp³-hybridized carbons (Fsp3) is 0.478. The second kappa shape index (κ2) is 9.52. The van der Waals surface area contributed by atoms with Crippen LogP contribution in [0.4, 0.5) is 8.78 Å². The van der Waals surface area contributed by atoms with Gasteiger partial charge in [-0.05, 0) is 49.2 Å². The van der Waals surface area contributed by atoms with E-state index in [0.717, 1.165) is 11.1 Å². The van der Waals surface area contributed by atoms with Crippen molar-refractivity contribution < 1.29 is 21.9 Å². The van der Waals surface area contributed by atoms with Crippen molar-refractivity contribution in [1.29, 1.82) is 0 Å². The molecule has 2 fully saturated rings. The first-order valence-corrected chi connectivity index (χ1v) is 12.3. The Bertz CT molecular complexity index is 954. The van der Waals surface area contributed by atoms with Crippen LogP contribution < -0.4 is 0 Å². The van der Waals surface area contributed by atoms with Gasteiger partial charge in [-0.25, -0.2) is 8.78 Å². The Balaban J connectivity index is 1.52. The third-order valence-corrected chi connectivity index (χ3v) is 8.02. The summed E-state index contributed by atoms with van der Waals surface area (Å²) in [7, 11) is -3.58. The van der Waals surface area contributed by atoms with Crippen molar-refractivity contribution in [2.24, 2.45) is 0 Å². The lowest BCUT2D eigenvalue weighted by atomic mass is 9.96. The molecule has 2 aromatic carbocycles. The normalized spacial score (nSPS) is 24.2. The second-order valence-electron chi connectivity index (χ2n) is 8.52. The molecule has 0 spiro atoms. The molecule has 4 rings (SSSR count). The number of nitrogens with zero attached hydrogens (tertiary/aromatic N) is 3. The third-order valence-electron chi connectivity index (χ3n) is 6.05. The quantitative estimate of drug-likeness (QED) is 0.681. The molecular weight excluding hydrogens is 436 g/mol. The maximum atomic E-state index is 13.5. The summed E-state index contributed by atoms with van der Waals surface area (Å²) in [6.07, 6.45) is -0.285. The number of morpholine rings is 1. The minimum Gasteiger partial charge on any atom is -0.373 e. The first kappa shape index (κ1) is 23.3. The Morgan fingerprint density at radius 1 is 0.781 bits per heavy atom.